The Morgan fingerprint density at radius 1 is 1.16 bits per heavy atom. The highest BCUT2D eigenvalue weighted by Crippen LogP contribution is 2.26. The molecule has 0 bridgehead atoms. The number of phenolic OH excluding ortho intramolecular Hbond substituents is 1. The van der Waals surface area contributed by atoms with Crippen molar-refractivity contribution >= 4 is 46.3 Å². The van der Waals surface area contributed by atoms with Crippen LogP contribution >= 0.6 is 23.4 Å². The van der Waals surface area contributed by atoms with E-state index in [1.807, 2.05) is 54.0 Å². The Labute approximate surface area is 194 Å². The Morgan fingerprint density at radius 3 is 2.72 bits per heavy atom. The largest absolute Gasteiger partial charge is 0.507 e. The van der Waals surface area contributed by atoms with E-state index < -0.39 is 0 Å². The number of fused-ring (bicyclic) bond motifs is 1. The summed E-state index contributed by atoms with van der Waals surface area (Å²) >= 11 is 7.24. The van der Waals surface area contributed by atoms with E-state index in [-0.39, 0.29) is 17.4 Å². The van der Waals surface area contributed by atoms with Gasteiger partial charge in [0.25, 0.3) is 5.91 Å². The molecule has 1 aromatic heterocycles. The van der Waals surface area contributed by atoms with Gasteiger partial charge in [0.1, 0.15) is 5.75 Å². The van der Waals surface area contributed by atoms with E-state index in [2.05, 4.69) is 20.7 Å². The maximum atomic E-state index is 12.3. The number of aromatic nitrogens is 3. The van der Waals surface area contributed by atoms with Gasteiger partial charge in [-0.2, -0.15) is 5.10 Å². The van der Waals surface area contributed by atoms with Crippen molar-refractivity contribution in [2.45, 2.75) is 18.6 Å². The first-order chi connectivity index (χ1) is 15.6. The zero-order chi connectivity index (χ0) is 22.5. The molecule has 0 spiro atoms. The van der Waals surface area contributed by atoms with Gasteiger partial charge in [0.2, 0.25) is 0 Å². The van der Waals surface area contributed by atoms with Crippen LogP contribution in [0, 0.1) is 0 Å². The lowest BCUT2D eigenvalue weighted by atomic mass is 10.0. The lowest BCUT2D eigenvalue weighted by molar-refractivity contribution is -0.118. The van der Waals surface area contributed by atoms with Gasteiger partial charge in [-0.1, -0.05) is 53.7 Å². The number of benzene rings is 3. The number of nitrogens with one attached hydrogen (secondary N) is 1. The number of hydrazone groups is 1. The predicted molar refractivity (Wildman–Crippen MR) is 128 cm³/mol. The number of amides is 1. The third kappa shape index (κ3) is 4.76. The zero-order valence-electron chi connectivity index (χ0n) is 17.2. The number of thioether (sulfide) groups is 1. The number of carbonyl (C=O) groups excluding carboxylic acids is 1. The van der Waals surface area contributed by atoms with Gasteiger partial charge < -0.3 is 9.67 Å². The van der Waals surface area contributed by atoms with Gasteiger partial charge in [0, 0.05) is 22.7 Å². The summed E-state index contributed by atoms with van der Waals surface area (Å²) in [5.41, 5.74) is 3.95. The average Bonchev–Trinajstić information content (AvgIpc) is 3.22. The highest BCUT2D eigenvalue weighted by Gasteiger charge is 2.14. The molecule has 9 heteroatoms. The first-order valence-electron chi connectivity index (χ1n) is 9.91. The number of halogens is 1. The molecule has 0 atom stereocenters. The minimum Gasteiger partial charge on any atom is -0.507 e. The average molecular weight is 466 g/mol. The second-order valence-electron chi connectivity index (χ2n) is 6.86. The maximum absolute atomic E-state index is 12.3. The summed E-state index contributed by atoms with van der Waals surface area (Å²) in [5.74, 6) is 0.653. The van der Waals surface area contributed by atoms with Crippen LogP contribution in [0.5, 0.6) is 5.75 Å². The van der Waals surface area contributed by atoms with Gasteiger partial charge in [0.05, 0.1) is 12.0 Å². The summed E-state index contributed by atoms with van der Waals surface area (Å²) in [5, 5.41) is 25.8. The van der Waals surface area contributed by atoms with Gasteiger partial charge in [-0.25, -0.2) is 5.43 Å². The highest BCUT2D eigenvalue weighted by molar-refractivity contribution is 7.99. The molecular formula is C23H20ClN5O2S. The fourth-order valence-electron chi connectivity index (χ4n) is 3.24. The van der Waals surface area contributed by atoms with Crippen molar-refractivity contribution in [3.63, 3.8) is 0 Å². The maximum Gasteiger partial charge on any atom is 0.250 e. The third-order valence-electron chi connectivity index (χ3n) is 4.80. The van der Waals surface area contributed by atoms with Crippen LogP contribution in [-0.4, -0.2) is 37.7 Å². The summed E-state index contributed by atoms with van der Waals surface area (Å²) in [6.45, 7) is 2.65. The third-order valence-corrected chi connectivity index (χ3v) is 6.02. The van der Waals surface area contributed by atoms with Crippen molar-refractivity contribution in [3.8, 4) is 17.1 Å². The highest BCUT2D eigenvalue weighted by atomic mass is 35.5. The molecule has 162 valence electrons. The van der Waals surface area contributed by atoms with Gasteiger partial charge in [-0.15, -0.1) is 10.2 Å². The van der Waals surface area contributed by atoms with Crippen molar-refractivity contribution in [2.24, 2.45) is 5.10 Å². The van der Waals surface area contributed by atoms with Crippen molar-refractivity contribution in [1.82, 2.24) is 20.2 Å². The minimum absolute atomic E-state index is 0.0989. The molecule has 0 saturated heterocycles. The van der Waals surface area contributed by atoms with E-state index >= 15 is 0 Å². The standard InChI is InChI=1S/C23H20ClN5O2S/c1-2-29-22(16-7-10-17(24)11-8-16)27-28-23(29)32-14-21(31)26-25-13-19-18-6-4-3-5-15(18)9-12-20(19)30/h3-13,30H,2,14H2,1H3,(H,26,31)/b25-13+. The summed E-state index contributed by atoms with van der Waals surface area (Å²) in [4.78, 5) is 12.3. The normalized spacial score (nSPS) is 11.3. The molecular weight excluding hydrogens is 446 g/mol. The molecule has 0 aliphatic heterocycles. The van der Waals surface area contributed by atoms with Gasteiger partial charge in [0.15, 0.2) is 11.0 Å². The van der Waals surface area contributed by atoms with Crippen molar-refractivity contribution in [1.29, 1.82) is 0 Å². The van der Waals surface area contributed by atoms with Gasteiger partial charge in [-0.05, 0) is 48.0 Å². The topological polar surface area (TPSA) is 92.4 Å². The Kier molecular flexibility index (Phi) is 6.72. The van der Waals surface area contributed by atoms with Crippen LogP contribution in [0.3, 0.4) is 0 Å². The van der Waals surface area contributed by atoms with Gasteiger partial charge >= 0.3 is 0 Å². The van der Waals surface area contributed by atoms with E-state index in [1.54, 1.807) is 18.2 Å². The molecule has 1 amide bonds. The van der Waals surface area contributed by atoms with Crippen molar-refractivity contribution in [3.05, 3.63) is 71.2 Å². The van der Waals surface area contributed by atoms with Gasteiger partial charge in [-0.3, -0.25) is 4.79 Å². The number of phenols is 1. The molecule has 2 N–H and O–H groups in total. The number of aromatic hydroxyl groups is 1. The van der Waals surface area contributed by atoms with Crippen molar-refractivity contribution in [2.75, 3.05) is 5.75 Å². The fraction of sp³-hybridized carbons (Fsp3) is 0.130. The van der Waals surface area contributed by atoms with E-state index in [1.165, 1.54) is 18.0 Å². The molecule has 0 aliphatic carbocycles. The van der Waals surface area contributed by atoms with Crippen LogP contribution in [0.2, 0.25) is 5.02 Å². The second kappa shape index (κ2) is 9.84. The van der Waals surface area contributed by atoms with E-state index in [0.717, 1.165) is 22.2 Å². The van der Waals surface area contributed by atoms with Crippen LogP contribution in [0.25, 0.3) is 22.2 Å². The molecule has 1 heterocycles. The quantitative estimate of drug-likeness (QED) is 0.234. The molecule has 0 fully saturated rings. The molecule has 7 nitrogen and oxygen atoms in total. The first-order valence-corrected chi connectivity index (χ1v) is 11.3. The monoisotopic (exact) mass is 465 g/mol. The number of hydrogen-bond acceptors (Lipinski definition) is 6. The van der Waals surface area contributed by atoms with Crippen LogP contribution in [0.15, 0.2) is 70.9 Å². The lowest BCUT2D eigenvalue weighted by Gasteiger charge is -2.07. The van der Waals surface area contributed by atoms with E-state index in [9.17, 15) is 9.90 Å². The molecule has 4 aromatic rings. The van der Waals surface area contributed by atoms with Crippen LogP contribution in [-0.2, 0) is 11.3 Å². The number of hydrogen-bond donors (Lipinski definition) is 2. The summed E-state index contributed by atoms with van der Waals surface area (Å²) in [7, 11) is 0. The molecule has 3 aromatic carbocycles. The minimum atomic E-state index is -0.287. The molecule has 0 aliphatic rings. The smallest absolute Gasteiger partial charge is 0.250 e. The molecule has 32 heavy (non-hydrogen) atoms. The predicted octanol–water partition coefficient (Wildman–Crippen LogP) is 4.72. The SMILES string of the molecule is CCn1c(SCC(=O)N/N=C/c2c(O)ccc3ccccc23)nnc1-c1ccc(Cl)cc1. The molecule has 0 radical (unpaired) electrons. The molecule has 0 unspecified atom stereocenters. The van der Waals surface area contributed by atoms with Crippen LogP contribution in [0.1, 0.15) is 12.5 Å². The summed E-state index contributed by atoms with van der Waals surface area (Å²) < 4.78 is 1.94. The number of nitrogens with zero attached hydrogens (tertiary/aromatic N) is 4. The summed E-state index contributed by atoms with van der Waals surface area (Å²) in [6, 6.07) is 18.5. The Morgan fingerprint density at radius 2 is 1.94 bits per heavy atom. The van der Waals surface area contributed by atoms with E-state index in [0.29, 0.717) is 22.3 Å². The van der Waals surface area contributed by atoms with Crippen LogP contribution in [0.4, 0.5) is 0 Å². The summed E-state index contributed by atoms with van der Waals surface area (Å²) in [6.07, 6.45) is 1.45. The lowest BCUT2D eigenvalue weighted by Crippen LogP contribution is -2.20. The Hall–Kier alpha value is -3.36. The number of rotatable bonds is 7. The fourth-order valence-corrected chi connectivity index (χ4v) is 4.16. The zero-order valence-corrected chi connectivity index (χ0v) is 18.8. The van der Waals surface area contributed by atoms with E-state index in [4.69, 9.17) is 11.6 Å². The van der Waals surface area contributed by atoms with Crippen LogP contribution < -0.4 is 5.43 Å². The number of carbonyl (C=O) groups is 1. The second-order valence-corrected chi connectivity index (χ2v) is 8.24. The molecule has 0 saturated carbocycles. The first kappa shape index (κ1) is 21.9. The Balaban J connectivity index is 1.41. The Bertz CT molecular complexity index is 1290. The van der Waals surface area contributed by atoms with Crippen molar-refractivity contribution < 1.29 is 9.90 Å². The molecule has 4 rings (SSSR count).